The van der Waals surface area contributed by atoms with Crippen molar-refractivity contribution in [2.24, 2.45) is 0 Å². The topological polar surface area (TPSA) is 74.6 Å². The normalized spacial score (nSPS) is 12.4. The number of phenols is 1. The van der Waals surface area contributed by atoms with Crippen molar-refractivity contribution in [3.8, 4) is 28.0 Å². The van der Waals surface area contributed by atoms with Crippen molar-refractivity contribution in [1.82, 2.24) is 0 Å². The summed E-state index contributed by atoms with van der Waals surface area (Å²) in [5, 5.41) is 9.75. The Morgan fingerprint density at radius 2 is 1.44 bits per heavy atom. The van der Waals surface area contributed by atoms with Gasteiger partial charge in [-0.2, -0.15) is 21.6 Å². The maximum absolute atomic E-state index is 10.7. The van der Waals surface area contributed by atoms with Gasteiger partial charge < -0.3 is 5.11 Å². The molecule has 0 bridgehead atoms. The van der Waals surface area contributed by atoms with Crippen LogP contribution in [0.2, 0.25) is 0 Å². The van der Waals surface area contributed by atoms with Crippen LogP contribution in [-0.2, 0) is 23.0 Å². The minimum Gasteiger partial charge on any atom is -0.508 e. The minimum atomic E-state index is -5.84. The van der Waals surface area contributed by atoms with E-state index in [2.05, 4.69) is 67.6 Å². The van der Waals surface area contributed by atoms with Gasteiger partial charge in [-0.15, -0.1) is 0 Å². The predicted octanol–water partition coefficient (Wildman–Crippen LogP) is 6.92. The molecule has 36 heavy (non-hydrogen) atoms. The average molecular weight is 513 g/mol. The van der Waals surface area contributed by atoms with Gasteiger partial charge >= 0.3 is 15.6 Å². The molecule has 186 valence electrons. The van der Waals surface area contributed by atoms with E-state index in [1.165, 1.54) is 50.1 Å². The molecule has 4 aromatic carbocycles. The third-order valence-corrected chi connectivity index (χ3v) is 6.74. The fourth-order valence-corrected chi connectivity index (χ4v) is 4.51. The molecule has 0 saturated carbocycles. The number of hydrogen-bond donors (Lipinski definition) is 2. The summed E-state index contributed by atoms with van der Waals surface area (Å²) in [6, 6.07) is 29.4. The van der Waals surface area contributed by atoms with E-state index in [4.69, 9.17) is 13.0 Å². The Morgan fingerprint density at radius 3 is 2.06 bits per heavy atom. The van der Waals surface area contributed by atoms with Gasteiger partial charge in [0.1, 0.15) is 5.75 Å². The van der Waals surface area contributed by atoms with Crippen molar-refractivity contribution in [3.05, 3.63) is 113 Å². The standard InChI is InChI=1S/C27H22O.CHF3O3S/c1-18-25-16-21-9-5-6-10-24(21)26(25)17-22(15-19-7-3-2-4-8-19)27(18)20-11-13-23(28)14-12-20;2-1(3,4)8(5,6)7/h2-14,17,28H,15-16H2,1H3;(H,5,6,7). The summed E-state index contributed by atoms with van der Waals surface area (Å²) in [5.41, 5.74) is 6.52. The van der Waals surface area contributed by atoms with Gasteiger partial charge in [0.2, 0.25) is 0 Å². The molecule has 0 unspecified atom stereocenters. The molecule has 4 nitrogen and oxygen atoms in total. The quantitative estimate of drug-likeness (QED) is 0.203. The van der Waals surface area contributed by atoms with Crippen LogP contribution < -0.4 is 0 Å². The number of halogens is 3. The first-order chi connectivity index (χ1) is 17.0. The van der Waals surface area contributed by atoms with E-state index in [0.717, 1.165) is 12.8 Å². The summed E-state index contributed by atoms with van der Waals surface area (Å²) >= 11 is 0. The maximum atomic E-state index is 10.7. The Kier molecular flexibility index (Phi) is 6.93. The van der Waals surface area contributed by atoms with Crippen molar-refractivity contribution in [2.75, 3.05) is 0 Å². The van der Waals surface area contributed by atoms with E-state index in [1.807, 2.05) is 12.1 Å². The largest absolute Gasteiger partial charge is 0.522 e. The number of phenolic OH excluding ortho intramolecular Hbond substituents is 1. The molecule has 0 heterocycles. The SMILES string of the molecule is Cc1c2c(cc(Cc3ccccc3)c1-c1ccc(O)cc1)-c1ccccc1C2.O=S(=O)(O)C(F)(F)F. The van der Waals surface area contributed by atoms with Crippen LogP contribution in [0.1, 0.15) is 27.8 Å². The summed E-state index contributed by atoms with van der Waals surface area (Å²) in [4.78, 5) is 0. The second kappa shape index (κ2) is 9.79. The highest BCUT2D eigenvalue weighted by Crippen LogP contribution is 2.43. The number of aromatic hydroxyl groups is 1. The van der Waals surface area contributed by atoms with Crippen LogP contribution in [0.25, 0.3) is 22.3 Å². The zero-order valence-electron chi connectivity index (χ0n) is 19.3. The van der Waals surface area contributed by atoms with E-state index in [1.54, 1.807) is 12.1 Å². The van der Waals surface area contributed by atoms with Crippen molar-refractivity contribution in [1.29, 1.82) is 0 Å². The van der Waals surface area contributed by atoms with Gasteiger partial charge in [-0.25, -0.2) is 0 Å². The molecule has 0 fully saturated rings. The Balaban J connectivity index is 0.000000331. The van der Waals surface area contributed by atoms with E-state index in [-0.39, 0.29) is 0 Å². The van der Waals surface area contributed by atoms with E-state index >= 15 is 0 Å². The van der Waals surface area contributed by atoms with Crippen molar-refractivity contribution in [3.63, 3.8) is 0 Å². The lowest BCUT2D eigenvalue weighted by molar-refractivity contribution is -0.0510. The van der Waals surface area contributed by atoms with Gasteiger partial charge in [0.15, 0.2) is 0 Å². The minimum absolute atomic E-state index is 0.305. The highest BCUT2D eigenvalue weighted by molar-refractivity contribution is 7.86. The molecule has 1 aliphatic carbocycles. The van der Waals surface area contributed by atoms with E-state index < -0.39 is 15.6 Å². The number of fused-ring (bicyclic) bond motifs is 3. The summed E-state index contributed by atoms with van der Waals surface area (Å²) in [6.45, 7) is 2.25. The monoisotopic (exact) mass is 512 g/mol. The number of alkyl halides is 3. The Bertz CT molecular complexity index is 1490. The molecule has 0 saturated heterocycles. The van der Waals surface area contributed by atoms with Crippen LogP contribution in [0.3, 0.4) is 0 Å². The second-order valence-corrected chi connectivity index (χ2v) is 9.94. The second-order valence-electron chi connectivity index (χ2n) is 8.53. The molecule has 1 aliphatic rings. The third-order valence-electron chi connectivity index (χ3n) is 6.15. The van der Waals surface area contributed by atoms with Crippen molar-refractivity contribution in [2.45, 2.75) is 25.3 Å². The van der Waals surface area contributed by atoms with E-state index in [0.29, 0.717) is 5.75 Å². The summed E-state index contributed by atoms with van der Waals surface area (Å²) < 4.78 is 57.5. The van der Waals surface area contributed by atoms with Gasteiger partial charge in [-0.05, 0) is 88.0 Å². The molecule has 0 aromatic heterocycles. The zero-order chi connectivity index (χ0) is 26.1. The van der Waals surface area contributed by atoms with Gasteiger partial charge in [-0.3, -0.25) is 4.55 Å². The first-order valence-electron chi connectivity index (χ1n) is 11.1. The van der Waals surface area contributed by atoms with Crippen molar-refractivity contribution >= 4 is 10.1 Å². The Morgan fingerprint density at radius 1 is 0.861 bits per heavy atom. The number of hydrogen-bond acceptors (Lipinski definition) is 3. The maximum Gasteiger partial charge on any atom is 0.522 e. The van der Waals surface area contributed by atoms with Crippen LogP contribution in [0.15, 0.2) is 84.9 Å². The molecule has 5 rings (SSSR count). The van der Waals surface area contributed by atoms with E-state index in [9.17, 15) is 18.3 Å². The molecular formula is C28H23F3O4S. The fraction of sp³-hybridized carbons (Fsp3) is 0.143. The first-order valence-corrected chi connectivity index (χ1v) is 12.5. The molecule has 8 heteroatoms. The molecule has 4 aromatic rings. The smallest absolute Gasteiger partial charge is 0.508 e. The number of rotatable bonds is 3. The highest BCUT2D eigenvalue weighted by Gasteiger charge is 2.44. The lowest BCUT2D eigenvalue weighted by Gasteiger charge is -2.18. The predicted molar refractivity (Wildman–Crippen MR) is 133 cm³/mol. The molecule has 2 N–H and O–H groups in total. The molecular weight excluding hydrogens is 489 g/mol. The molecule has 0 aliphatic heterocycles. The molecule has 0 atom stereocenters. The summed E-state index contributed by atoms with van der Waals surface area (Å²) in [5.74, 6) is 0.305. The zero-order valence-corrected chi connectivity index (χ0v) is 20.1. The highest BCUT2D eigenvalue weighted by atomic mass is 32.2. The molecule has 0 amide bonds. The van der Waals surface area contributed by atoms with Crippen LogP contribution in [0, 0.1) is 6.92 Å². The summed E-state index contributed by atoms with van der Waals surface area (Å²) in [7, 11) is -5.84. The molecule has 0 radical (unpaired) electrons. The fourth-order valence-electron chi connectivity index (χ4n) is 4.51. The van der Waals surface area contributed by atoms with Gasteiger partial charge in [0.25, 0.3) is 0 Å². The van der Waals surface area contributed by atoms with Gasteiger partial charge in [0, 0.05) is 0 Å². The van der Waals surface area contributed by atoms with Crippen LogP contribution in [0.4, 0.5) is 13.2 Å². The van der Waals surface area contributed by atoms with Crippen LogP contribution >= 0.6 is 0 Å². The molecule has 0 spiro atoms. The van der Waals surface area contributed by atoms with Gasteiger partial charge in [-0.1, -0.05) is 66.7 Å². The summed E-state index contributed by atoms with van der Waals surface area (Å²) in [6.07, 6.45) is 1.89. The first kappa shape index (κ1) is 25.5. The van der Waals surface area contributed by atoms with Crippen molar-refractivity contribution < 1.29 is 31.2 Å². The average Bonchev–Trinajstić information content (AvgIpc) is 3.19. The van der Waals surface area contributed by atoms with Crippen LogP contribution in [-0.4, -0.2) is 23.6 Å². The lowest BCUT2D eigenvalue weighted by atomic mass is 9.86. The Hall–Kier alpha value is -3.62. The number of benzene rings is 4. The lowest BCUT2D eigenvalue weighted by Crippen LogP contribution is -2.21. The van der Waals surface area contributed by atoms with Crippen LogP contribution in [0.5, 0.6) is 5.75 Å². The Labute approximate surface area is 207 Å². The van der Waals surface area contributed by atoms with Gasteiger partial charge in [0.05, 0.1) is 0 Å². The third kappa shape index (κ3) is 5.29.